The lowest BCUT2D eigenvalue weighted by molar-refractivity contribution is 0.256. The first-order valence-corrected chi connectivity index (χ1v) is 8.11. The zero-order valence-electron chi connectivity index (χ0n) is 13.2. The summed E-state index contributed by atoms with van der Waals surface area (Å²) in [4.78, 5) is 14.6. The Morgan fingerprint density at radius 3 is 2.67 bits per heavy atom. The quantitative estimate of drug-likeness (QED) is 0.667. The van der Waals surface area contributed by atoms with Crippen LogP contribution in [0.5, 0.6) is 0 Å². The van der Waals surface area contributed by atoms with Crippen molar-refractivity contribution in [3.8, 4) is 5.69 Å². The van der Waals surface area contributed by atoms with Gasteiger partial charge in [0.1, 0.15) is 0 Å². The maximum absolute atomic E-state index is 12.8. The maximum Gasteiger partial charge on any atom is 0.326 e. The molecule has 0 atom stereocenters. The summed E-state index contributed by atoms with van der Waals surface area (Å²) in [5.41, 5.74) is 4.61. The van der Waals surface area contributed by atoms with Gasteiger partial charge in [-0.2, -0.15) is 0 Å². The van der Waals surface area contributed by atoms with E-state index in [2.05, 4.69) is 9.88 Å². The number of halogens is 1. The molecule has 5 heteroatoms. The second-order valence-electron chi connectivity index (χ2n) is 5.86. The molecule has 3 aromatic rings. The van der Waals surface area contributed by atoms with Crippen molar-refractivity contribution >= 4 is 29.0 Å². The highest BCUT2D eigenvalue weighted by Crippen LogP contribution is 2.33. The smallest absolute Gasteiger partial charge is 0.317 e. The molecule has 0 spiro atoms. The Kier molecular flexibility index (Phi) is 3.54. The molecule has 0 fully saturated rings. The lowest BCUT2D eigenvalue weighted by atomic mass is 10.2. The van der Waals surface area contributed by atoms with E-state index in [4.69, 9.17) is 11.6 Å². The average Bonchev–Trinajstić information content (AvgIpc) is 3.05. The van der Waals surface area contributed by atoms with Crippen molar-refractivity contribution in [3.63, 3.8) is 0 Å². The van der Waals surface area contributed by atoms with Crippen LogP contribution < -0.4 is 10.2 Å². The van der Waals surface area contributed by atoms with Crippen LogP contribution in [-0.4, -0.2) is 10.6 Å². The molecule has 0 aliphatic carbocycles. The van der Waals surface area contributed by atoms with Crippen LogP contribution >= 0.6 is 11.6 Å². The van der Waals surface area contributed by atoms with E-state index in [-0.39, 0.29) is 6.03 Å². The molecular formula is C19H16ClN3O. The van der Waals surface area contributed by atoms with Gasteiger partial charge in [0.25, 0.3) is 0 Å². The summed E-state index contributed by atoms with van der Waals surface area (Å²) in [6.07, 6.45) is 2.01. The molecular weight excluding hydrogens is 322 g/mol. The summed E-state index contributed by atoms with van der Waals surface area (Å²) in [5.74, 6) is 0. The molecule has 1 aliphatic heterocycles. The summed E-state index contributed by atoms with van der Waals surface area (Å²) in [6.45, 7) is 2.48. The number of rotatable bonds is 1. The second kappa shape index (κ2) is 5.73. The number of aryl methyl sites for hydroxylation is 1. The highest BCUT2D eigenvalue weighted by molar-refractivity contribution is 6.33. The van der Waals surface area contributed by atoms with Gasteiger partial charge in [0, 0.05) is 11.9 Å². The number of hydrogen-bond acceptors (Lipinski definition) is 1. The Hall–Kier alpha value is -2.72. The van der Waals surface area contributed by atoms with Gasteiger partial charge < -0.3 is 9.88 Å². The Morgan fingerprint density at radius 1 is 1.08 bits per heavy atom. The Bertz CT molecular complexity index is 932. The van der Waals surface area contributed by atoms with E-state index in [0.29, 0.717) is 17.3 Å². The summed E-state index contributed by atoms with van der Waals surface area (Å²) in [6, 6.07) is 17.3. The van der Waals surface area contributed by atoms with Crippen molar-refractivity contribution < 1.29 is 4.79 Å². The summed E-state index contributed by atoms with van der Waals surface area (Å²) in [7, 11) is 0. The van der Waals surface area contributed by atoms with Crippen LogP contribution in [0.4, 0.5) is 16.2 Å². The first-order chi connectivity index (χ1) is 11.6. The number of carbonyl (C=O) groups is 1. The number of hydrogen-bond donors (Lipinski definition) is 1. The third kappa shape index (κ3) is 2.45. The van der Waals surface area contributed by atoms with Crippen LogP contribution in [0, 0.1) is 6.92 Å². The van der Waals surface area contributed by atoms with E-state index in [9.17, 15) is 4.79 Å². The van der Waals surface area contributed by atoms with Crippen LogP contribution in [0.25, 0.3) is 5.69 Å². The topological polar surface area (TPSA) is 37.3 Å². The Morgan fingerprint density at radius 2 is 1.88 bits per heavy atom. The fraction of sp³-hybridized carbons (Fsp3) is 0.105. The Labute approximate surface area is 145 Å². The van der Waals surface area contributed by atoms with Gasteiger partial charge in [0.05, 0.1) is 28.6 Å². The van der Waals surface area contributed by atoms with Gasteiger partial charge in [-0.3, -0.25) is 4.90 Å². The minimum absolute atomic E-state index is 0.194. The number of aromatic nitrogens is 1. The number of benzene rings is 2. The maximum atomic E-state index is 12.8. The van der Waals surface area contributed by atoms with Crippen LogP contribution in [0.2, 0.25) is 5.02 Å². The molecule has 4 rings (SSSR count). The predicted molar refractivity (Wildman–Crippen MR) is 97.2 cm³/mol. The lowest BCUT2D eigenvalue weighted by Crippen LogP contribution is -2.38. The van der Waals surface area contributed by atoms with Crippen molar-refractivity contribution in [3.05, 3.63) is 77.1 Å². The number of fused-ring (bicyclic) bond motifs is 3. The van der Waals surface area contributed by atoms with Crippen molar-refractivity contribution in [2.45, 2.75) is 13.5 Å². The van der Waals surface area contributed by atoms with E-state index in [1.807, 2.05) is 67.7 Å². The highest BCUT2D eigenvalue weighted by Gasteiger charge is 2.26. The monoisotopic (exact) mass is 337 g/mol. The fourth-order valence-corrected chi connectivity index (χ4v) is 3.29. The van der Waals surface area contributed by atoms with E-state index < -0.39 is 0 Å². The number of amides is 2. The highest BCUT2D eigenvalue weighted by atomic mass is 35.5. The van der Waals surface area contributed by atoms with Gasteiger partial charge in [-0.25, -0.2) is 4.79 Å². The molecule has 1 N–H and O–H groups in total. The zero-order valence-corrected chi connectivity index (χ0v) is 13.9. The van der Waals surface area contributed by atoms with E-state index in [1.165, 1.54) is 0 Å². The lowest BCUT2D eigenvalue weighted by Gasteiger charge is -2.31. The summed E-state index contributed by atoms with van der Waals surface area (Å²) in [5, 5.41) is 3.46. The molecule has 120 valence electrons. The molecule has 0 saturated carbocycles. The van der Waals surface area contributed by atoms with E-state index >= 15 is 0 Å². The predicted octanol–water partition coefficient (Wildman–Crippen LogP) is 4.99. The first-order valence-electron chi connectivity index (χ1n) is 7.74. The number of para-hydroxylation sites is 2. The van der Waals surface area contributed by atoms with Crippen LogP contribution in [-0.2, 0) is 6.54 Å². The average molecular weight is 338 g/mol. The number of anilines is 2. The number of nitrogens with zero attached hydrogens (tertiary/aromatic N) is 2. The number of nitrogens with one attached hydrogen (secondary N) is 1. The van der Waals surface area contributed by atoms with Gasteiger partial charge in [-0.15, -0.1) is 0 Å². The third-order valence-electron chi connectivity index (χ3n) is 4.20. The second-order valence-corrected chi connectivity index (χ2v) is 6.27. The minimum Gasteiger partial charge on any atom is -0.317 e. The van der Waals surface area contributed by atoms with E-state index in [1.54, 1.807) is 4.90 Å². The van der Waals surface area contributed by atoms with Crippen LogP contribution in [0.3, 0.4) is 0 Å². The first kappa shape index (κ1) is 14.8. The van der Waals surface area contributed by atoms with Crippen LogP contribution in [0.15, 0.2) is 60.8 Å². The van der Waals surface area contributed by atoms with Gasteiger partial charge in [0.2, 0.25) is 0 Å². The molecule has 0 bridgehead atoms. The van der Waals surface area contributed by atoms with E-state index in [0.717, 1.165) is 22.6 Å². The standard InChI is InChI=1S/C19H16ClN3O/c1-13-8-9-16(15(20)11-13)21-19(24)23-12-14-5-4-10-22(14)17-6-2-3-7-18(17)23/h2-11H,12H2,1H3,(H,21,24). The molecule has 1 aliphatic rings. The normalized spacial score (nSPS) is 12.5. The van der Waals surface area contributed by atoms with Crippen molar-refractivity contribution in [1.29, 1.82) is 0 Å². The SMILES string of the molecule is Cc1ccc(NC(=O)N2Cc3cccn3-c3ccccc32)c(Cl)c1. The molecule has 2 aromatic carbocycles. The van der Waals surface area contributed by atoms with Gasteiger partial charge in [0.15, 0.2) is 0 Å². The molecule has 0 unspecified atom stereocenters. The van der Waals surface area contributed by atoms with Gasteiger partial charge >= 0.3 is 6.03 Å². The van der Waals surface area contributed by atoms with Crippen molar-refractivity contribution in [2.24, 2.45) is 0 Å². The van der Waals surface area contributed by atoms with Gasteiger partial charge in [-0.05, 0) is 48.9 Å². The summed E-state index contributed by atoms with van der Waals surface area (Å²) < 4.78 is 2.11. The largest absolute Gasteiger partial charge is 0.326 e. The minimum atomic E-state index is -0.194. The molecule has 2 amide bonds. The molecule has 1 aromatic heterocycles. The van der Waals surface area contributed by atoms with Crippen molar-refractivity contribution in [1.82, 2.24) is 4.57 Å². The summed E-state index contributed by atoms with van der Waals surface area (Å²) >= 11 is 6.24. The van der Waals surface area contributed by atoms with Crippen molar-refractivity contribution in [2.75, 3.05) is 10.2 Å². The number of carbonyl (C=O) groups excluding carboxylic acids is 1. The Balaban J connectivity index is 1.68. The third-order valence-corrected chi connectivity index (χ3v) is 4.51. The zero-order chi connectivity index (χ0) is 16.7. The van der Waals surface area contributed by atoms with Crippen LogP contribution in [0.1, 0.15) is 11.3 Å². The van der Waals surface area contributed by atoms with Gasteiger partial charge in [-0.1, -0.05) is 29.8 Å². The molecule has 24 heavy (non-hydrogen) atoms. The molecule has 4 nitrogen and oxygen atoms in total. The molecule has 0 radical (unpaired) electrons. The molecule has 0 saturated heterocycles. The fourth-order valence-electron chi connectivity index (χ4n) is 3.01. The molecule has 2 heterocycles. The number of urea groups is 1.